The van der Waals surface area contributed by atoms with Gasteiger partial charge in [-0.1, -0.05) is 38.7 Å². The molecular weight excluding hydrogens is 587 g/mol. The average Bonchev–Trinajstić information content (AvgIpc) is 3.85. The number of aromatic nitrogens is 2. The number of nitrogens with zero attached hydrogens (tertiary/aromatic N) is 4. The van der Waals surface area contributed by atoms with E-state index in [1.807, 2.05) is 20.9 Å². The molecule has 1 aliphatic heterocycles. The fraction of sp³-hybridized carbons (Fsp3) is 0.629. The normalized spacial score (nSPS) is 20.0. The summed E-state index contributed by atoms with van der Waals surface area (Å²) in [6.07, 6.45) is 9.18. The standard InChI is InChI=1S/C35H49FN6O4/c1-4-42-30(15-16-37-42)31(43)22-27(24-9-7-5-6-8-10-24)34(45)38-29-14-13-26(21-28(29)36)23(2)32(39-33(44)25-11-12-25)35(46)41-19-17-40(3)18-20-41/h13-16,21,23-25,27,32H,4-12,17-20,22H2,1-3H3,(H,38,45)(H,39,44)/t23-,27-,32+/m0/s1. The van der Waals surface area contributed by atoms with E-state index >= 15 is 4.39 Å². The molecule has 3 aliphatic rings. The summed E-state index contributed by atoms with van der Waals surface area (Å²) in [6.45, 7) is 6.94. The number of halogens is 1. The van der Waals surface area contributed by atoms with Crippen LogP contribution in [0.2, 0.25) is 0 Å². The summed E-state index contributed by atoms with van der Waals surface area (Å²) in [4.78, 5) is 57.5. The van der Waals surface area contributed by atoms with Crippen LogP contribution in [-0.2, 0) is 20.9 Å². The van der Waals surface area contributed by atoms with Gasteiger partial charge in [-0.25, -0.2) is 4.39 Å². The van der Waals surface area contributed by atoms with Crippen LogP contribution in [-0.4, -0.2) is 82.4 Å². The third-order valence-corrected chi connectivity index (χ3v) is 10.1. The second-order valence-corrected chi connectivity index (χ2v) is 13.4. The summed E-state index contributed by atoms with van der Waals surface area (Å²) >= 11 is 0. The Hall–Kier alpha value is -3.60. The van der Waals surface area contributed by atoms with Gasteiger partial charge in [0.15, 0.2) is 5.78 Å². The molecule has 3 amide bonds. The molecule has 46 heavy (non-hydrogen) atoms. The van der Waals surface area contributed by atoms with Crippen molar-refractivity contribution in [3.63, 3.8) is 0 Å². The first kappa shape index (κ1) is 33.8. The van der Waals surface area contributed by atoms with E-state index in [1.165, 1.54) is 12.1 Å². The lowest BCUT2D eigenvalue weighted by Gasteiger charge is -2.36. The molecule has 1 saturated heterocycles. The number of carbonyl (C=O) groups is 4. The predicted octanol–water partition coefficient (Wildman–Crippen LogP) is 4.61. The van der Waals surface area contributed by atoms with E-state index in [1.54, 1.807) is 27.9 Å². The van der Waals surface area contributed by atoms with Crippen LogP contribution in [0.3, 0.4) is 0 Å². The predicted molar refractivity (Wildman–Crippen MR) is 174 cm³/mol. The molecule has 1 aromatic heterocycles. The molecule has 2 aromatic rings. The molecule has 1 aromatic carbocycles. The van der Waals surface area contributed by atoms with Crippen molar-refractivity contribution in [3.05, 3.63) is 47.5 Å². The van der Waals surface area contributed by atoms with Gasteiger partial charge < -0.3 is 20.4 Å². The van der Waals surface area contributed by atoms with Crippen LogP contribution in [0.25, 0.3) is 0 Å². The molecular formula is C35H49FN6O4. The lowest BCUT2D eigenvalue weighted by molar-refractivity contribution is -0.138. The summed E-state index contributed by atoms with van der Waals surface area (Å²) in [5.74, 6) is -2.53. The molecule has 10 nitrogen and oxygen atoms in total. The van der Waals surface area contributed by atoms with E-state index in [0.29, 0.717) is 30.9 Å². The highest BCUT2D eigenvalue weighted by atomic mass is 19.1. The number of anilines is 1. The van der Waals surface area contributed by atoms with E-state index in [9.17, 15) is 19.2 Å². The van der Waals surface area contributed by atoms with Crippen LogP contribution in [0.5, 0.6) is 0 Å². The van der Waals surface area contributed by atoms with Crippen LogP contribution in [0.15, 0.2) is 30.5 Å². The number of benzene rings is 1. The van der Waals surface area contributed by atoms with Crippen LogP contribution < -0.4 is 10.6 Å². The van der Waals surface area contributed by atoms with Crippen molar-refractivity contribution in [2.24, 2.45) is 17.8 Å². The smallest absolute Gasteiger partial charge is 0.245 e. The van der Waals surface area contributed by atoms with Crippen LogP contribution in [0.1, 0.15) is 93.6 Å². The Kier molecular flexibility index (Phi) is 11.2. The summed E-state index contributed by atoms with van der Waals surface area (Å²) in [5.41, 5.74) is 1.07. The number of carbonyl (C=O) groups excluding carboxylic acids is 4. The maximum atomic E-state index is 15.7. The van der Waals surface area contributed by atoms with E-state index in [4.69, 9.17) is 0 Å². The van der Waals surface area contributed by atoms with Crippen molar-refractivity contribution in [2.75, 3.05) is 38.5 Å². The van der Waals surface area contributed by atoms with Gasteiger partial charge in [-0.05, 0) is 69.3 Å². The van der Waals surface area contributed by atoms with Gasteiger partial charge in [-0.2, -0.15) is 5.10 Å². The third kappa shape index (κ3) is 8.21. The van der Waals surface area contributed by atoms with E-state index in [0.717, 1.165) is 64.5 Å². The van der Waals surface area contributed by atoms with Gasteiger partial charge in [-0.3, -0.25) is 23.9 Å². The second-order valence-electron chi connectivity index (χ2n) is 13.4. The van der Waals surface area contributed by atoms with Crippen molar-refractivity contribution in [1.82, 2.24) is 24.9 Å². The summed E-state index contributed by atoms with van der Waals surface area (Å²) in [6, 6.07) is 5.44. The molecule has 5 rings (SSSR count). The number of hydrogen-bond acceptors (Lipinski definition) is 6. The van der Waals surface area contributed by atoms with Gasteiger partial charge in [-0.15, -0.1) is 0 Å². The van der Waals surface area contributed by atoms with E-state index in [2.05, 4.69) is 20.6 Å². The second kappa shape index (κ2) is 15.3. The molecule has 2 N–H and O–H groups in total. The Morgan fingerprint density at radius 1 is 0.978 bits per heavy atom. The van der Waals surface area contributed by atoms with Gasteiger partial charge in [0.1, 0.15) is 17.6 Å². The summed E-state index contributed by atoms with van der Waals surface area (Å²) in [7, 11) is 2.01. The minimum atomic E-state index is -0.821. The highest BCUT2D eigenvalue weighted by molar-refractivity contribution is 6.00. The minimum Gasteiger partial charge on any atom is -0.343 e. The molecule has 11 heteroatoms. The van der Waals surface area contributed by atoms with Gasteiger partial charge in [0, 0.05) is 63.1 Å². The van der Waals surface area contributed by atoms with Crippen molar-refractivity contribution >= 4 is 29.2 Å². The Labute approximate surface area is 271 Å². The Balaban J connectivity index is 1.32. The highest BCUT2D eigenvalue weighted by Gasteiger charge is 2.38. The fourth-order valence-corrected chi connectivity index (χ4v) is 6.89. The van der Waals surface area contributed by atoms with Gasteiger partial charge in [0.2, 0.25) is 17.7 Å². The van der Waals surface area contributed by atoms with Gasteiger partial charge >= 0.3 is 0 Å². The first-order chi connectivity index (χ1) is 22.2. The monoisotopic (exact) mass is 636 g/mol. The van der Waals surface area contributed by atoms with Crippen LogP contribution >= 0.6 is 0 Å². The molecule has 2 heterocycles. The third-order valence-electron chi connectivity index (χ3n) is 10.1. The van der Waals surface area contributed by atoms with E-state index in [-0.39, 0.29) is 47.4 Å². The number of likely N-dealkylation sites (N-methyl/N-ethyl adjacent to an activating group) is 1. The van der Waals surface area contributed by atoms with Crippen LogP contribution in [0.4, 0.5) is 10.1 Å². The first-order valence-electron chi connectivity index (χ1n) is 17.1. The lowest BCUT2D eigenvalue weighted by Crippen LogP contribution is -2.56. The maximum absolute atomic E-state index is 15.7. The van der Waals surface area contributed by atoms with Crippen LogP contribution in [0, 0.1) is 23.6 Å². The Morgan fingerprint density at radius 2 is 1.67 bits per heavy atom. The first-order valence-corrected chi connectivity index (χ1v) is 17.1. The topological polar surface area (TPSA) is 117 Å². The number of piperazine rings is 1. The molecule has 3 fully saturated rings. The maximum Gasteiger partial charge on any atom is 0.245 e. The fourth-order valence-electron chi connectivity index (χ4n) is 6.89. The summed E-state index contributed by atoms with van der Waals surface area (Å²) in [5, 5.41) is 9.98. The Bertz CT molecular complexity index is 1390. The van der Waals surface area contributed by atoms with Crippen molar-refractivity contribution in [1.29, 1.82) is 0 Å². The average molecular weight is 637 g/mol. The zero-order chi connectivity index (χ0) is 32.8. The lowest BCUT2D eigenvalue weighted by atomic mass is 9.81. The number of aryl methyl sites for hydroxylation is 1. The number of rotatable bonds is 12. The number of hydrogen-bond donors (Lipinski definition) is 2. The molecule has 250 valence electrons. The zero-order valence-corrected chi connectivity index (χ0v) is 27.5. The van der Waals surface area contributed by atoms with Crippen molar-refractivity contribution < 1.29 is 23.6 Å². The van der Waals surface area contributed by atoms with E-state index < -0.39 is 23.7 Å². The molecule has 0 unspecified atom stereocenters. The SMILES string of the molecule is CCn1nccc1C(=O)C[C@H](C(=O)Nc1ccc([C@H](C)[C@@H](NC(=O)C2CC2)C(=O)N2CCN(C)CC2)cc1F)C1CCCCCC1. The minimum absolute atomic E-state index is 0.0308. The number of nitrogens with one attached hydrogen (secondary N) is 2. The molecule has 2 saturated carbocycles. The molecule has 0 spiro atoms. The summed E-state index contributed by atoms with van der Waals surface area (Å²) < 4.78 is 17.3. The zero-order valence-electron chi connectivity index (χ0n) is 27.5. The quantitative estimate of drug-likeness (QED) is 0.260. The largest absolute Gasteiger partial charge is 0.343 e. The molecule has 0 radical (unpaired) electrons. The number of Topliss-reactive ketones (excluding diaryl/α,β-unsaturated/α-hetero) is 1. The highest BCUT2D eigenvalue weighted by Crippen LogP contribution is 2.34. The molecule has 2 aliphatic carbocycles. The molecule has 0 bridgehead atoms. The number of amides is 3. The van der Waals surface area contributed by atoms with Gasteiger partial charge in [0.05, 0.1) is 5.69 Å². The van der Waals surface area contributed by atoms with Crippen molar-refractivity contribution in [2.45, 2.75) is 90.1 Å². The van der Waals surface area contributed by atoms with Crippen molar-refractivity contribution in [3.8, 4) is 0 Å². The van der Waals surface area contributed by atoms with Gasteiger partial charge in [0.25, 0.3) is 0 Å². The molecule has 3 atom stereocenters. The number of ketones is 1. The Morgan fingerprint density at radius 3 is 2.30 bits per heavy atom.